The van der Waals surface area contributed by atoms with Crippen LogP contribution in [0.2, 0.25) is 5.15 Å². The lowest BCUT2D eigenvalue weighted by Gasteiger charge is -2.14. The number of methoxy groups -OCH3 is 1. The summed E-state index contributed by atoms with van der Waals surface area (Å²) in [4.78, 5) is 16.9. The Morgan fingerprint density at radius 1 is 0.962 bits per heavy atom. The summed E-state index contributed by atoms with van der Waals surface area (Å²) in [5.41, 5.74) is 0. The van der Waals surface area contributed by atoms with Gasteiger partial charge in [-0.2, -0.15) is 4.98 Å². The first-order valence-electron chi connectivity index (χ1n) is 8.01. The molecule has 8 heteroatoms. The van der Waals surface area contributed by atoms with Crippen LogP contribution in [0.1, 0.15) is 13.3 Å². The predicted octanol–water partition coefficient (Wildman–Crippen LogP) is 4.18. The number of halogens is 1. The van der Waals surface area contributed by atoms with Gasteiger partial charge in [0.1, 0.15) is 0 Å². The highest BCUT2D eigenvalue weighted by Crippen LogP contribution is 2.40. The minimum atomic E-state index is 0.0967. The largest absolute Gasteiger partial charge is 0.493 e. The Hall–Kier alpha value is -2.93. The van der Waals surface area contributed by atoms with Gasteiger partial charge in [0.05, 0.1) is 13.7 Å². The number of hydrogen-bond donors (Lipinski definition) is 0. The molecule has 0 aliphatic carbocycles. The average molecular weight is 373 g/mol. The Kier molecular flexibility index (Phi) is 5.80. The van der Waals surface area contributed by atoms with Gasteiger partial charge in [-0.3, -0.25) is 0 Å². The first kappa shape index (κ1) is 17.9. The van der Waals surface area contributed by atoms with E-state index in [0.29, 0.717) is 23.9 Å². The number of rotatable bonds is 7. The van der Waals surface area contributed by atoms with E-state index in [9.17, 15) is 0 Å². The van der Waals surface area contributed by atoms with Crippen LogP contribution in [0.5, 0.6) is 23.1 Å². The minimum absolute atomic E-state index is 0.0967. The first-order valence-corrected chi connectivity index (χ1v) is 8.39. The van der Waals surface area contributed by atoms with Crippen molar-refractivity contribution < 1.29 is 14.2 Å². The number of ether oxygens (including phenoxy) is 3. The second-order valence-electron chi connectivity index (χ2n) is 5.15. The Bertz CT molecular complexity index is 878. The van der Waals surface area contributed by atoms with E-state index in [4.69, 9.17) is 25.8 Å². The molecule has 0 saturated heterocycles. The fourth-order valence-electron chi connectivity index (χ4n) is 2.11. The molecule has 0 N–H and O–H groups in total. The molecule has 2 aromatic heterocycles. The summed E-state index contributed by atoms with van der Waals surface area (Å²) in [6, 6.07) is 8.91. The molecule has 0 aliphatic heterocycles. The Balaban J connectivity index is 2.03. The molecule has 0 unspecified atom stereocenters. The number of aromatic nitrogens is 4. The van der Waals surface area contributed by atoms with Crippen LogP contribution in [0.3, 0.4) is 0 Å². The molecule has 26 heavy (non-hydrogen) atoms. The van der Waals surface area contributed by atoms with E-state index < -0.39 is 0 Å². The van der Waals surface area contributed by atoms with Gasteiger partial charge in [0.2, 0.25) is 11.6 Å². The highest BCUT2D eigenvalue weighted by Gasteiger charge is 2.20. The highest BCUT2D eigenvalue weighted by molar-refractivity contribution is 6.31. The molecular weight excluding hydrogens is 356 g/mol. The van der Waals surface area contributed by atoms with Crippen LogP contribution in [0.25, 0.3) is 11.6 Å². The van der Waals surface area contributed by atoms with Crippen molar-refractivity contribution in [2.45, 2.75) is 13.3 Å². The average Bonchev–Trinajstić information content (AvgIpc) is 2.69. The second-order valence-corrected chi connectivity index (χ2v) is 5.50. The zero-order chi connectivity index (χ0) is 18.4. The summed E-state index contributed by atoms with van der Waals surface area (Å²) in [5.74, 6) is 2.07. The maximum absolute atomic E-state index is 6.36. The summed E-state index contributed by atoms with van der Waals surface area (Å²) in [5, 5.41) is 0.0967. The van der Waals surface area contributed by atoms with Crippen molar-refractivity contribution in [2.75, 3.05) is 13.7 Å². The van der Waals surface area contributed by atoms with E-state index in [1.807, 2.05) is 19.1 Å². The molecule has 0 aliphatic rings. The van der Waals surface area contributed by atoms with E-state index in [1.165, 1.54) is 0 Å². The van der Waals surface area contributed by atoms with Crippen molar-refractivity contribution in [2.24, 2.45) is 0 Å². The summed E-state index contributed by atoms with van der Waals surface area (Å²) >= 11 is 6.36. The summed E-state index contributed by atoms with van der Waals surface area (Å²) in [6.45, 7) is 2.44. The molecule has 0 spiro atoms. The summed E-state index contributed by atoms with van der Waals surface area (Å²) in [7, 11) is 1.56. The standard InChI is InChI=1S/C18H17ClN4O3/c1-3-11-25-18-14(26-13-8-5-4-7-12(13)24-2)15(19)22-17(23-18)16-20-9-6-10-21-16/h4-10H,3,11H2,1-2H3. The normalized spacial score (nSPS) is 10.4. The molecule has 3 aromatic rings. The molecule has 7 nitrogen and oxygen atoms in total. The van der Waals surface area contributed by atoms with Crippen molar-refractivity contribution >= 4 is 11.6 Å². The van der Waals surface area contributed by atoms with Gasteiger partial charge in [0, 0.05) is 12.4 Å². The summed E-state index contributed by atoms with van der Waals surface area (Å²) in [6.07, 6.45) is 4.00. The van der Waals surface area contributed by atoms with Crippen LogP contribution in [-0.4, -0.2) is 33.7 Å². The van der Waals surface area contributed by atoms with Gasteiger partial charge in [-0.25, -0.2) is 15.0 Å². The van der Waals surface area contributed by atoms with Crippen LogP contribution in [-0.2, 0) is 0 Å². The maximum atomic E-state index is 6.36. The Labute approximate surface area is 156 Å². The lowest BCUT2D eigenvalue weighted by molar-refractivity contribution is 0.286. The molecule has 134 valence electrons. The van der Waals surface area contributed by atoms with Crippen LogP contribution in [0, 0.1) is 0 Å². The molecule has 1 aromatic carbocycles. The fourth-order valence-corrected chi connectivity index (χ4v) is 2.31. The van der Waals surface area contributed by atoms with Crippen molar-refractivity contribution in [3.63, 3.8) is 0 Å². The quantitative estimate of drug-likeness (QED) is 0.575. The van der Waals surface area contributed by atoms with Gasteiger partial charge in [-0.1, -0.05) is 30.7 Å². The number of benzene rings is 1. The van der Waals surface area contributed by atoms with Gasteiger partial charge >= 0.3 is 0 Å². The van der Waals surface area contributed by atoms with E-state index >= 15 is 0 Å². The number of nitrogens with zero attached hydrogens (tertiary/aromatic N) is 4. The third-order valence-corrected chi connectivity index (χ3v) is 3.54. The molecule has 0 bridgehead atoms. The van der Waals surface area contributed by atoms with Gasteiger partial charge in [0.25, 0.3) is 5.88 Å². The SMILES string of the molecule is CCCOc1nc(-c2ncccn2)nc(Cl)c1Oc1ccccc1OC. The van der Waals surface area contributed by atoms with Crippen LogP contribution in [0.4, 0.5) is 0 Å². The molecule has 0 saturated carbocycles. The van der Waals surface area contributed by atoms with E-state index in [2.05, 4.69) is 19.9 Å². The number of hydrogen-bond acceptors (Lipinski definition) is 7. The smallest absolute Gasteiger partial charge is 0.263 e. The Morgan fingerprint density at radius 2 is 1.69 bits per heavy atom. The molecule has 2 heterocycles. The van der Waals surface area contributed by atoms with Gasteiger partial charge in [-0.05, 0) is 24.6 Å². The molecular formula is C18H17ClN4O3. The van der Waals surface area contributed by atoms with E-state index in [-0.39, 0.29) is 22.6 Å². The molecule has 0 radical (unpaired) electrons. The van der Waals surface area contributed by atoms with Crippen molar-refractivity contribution in [3.8, 4) is 34.8 Å². The lowest BCUT2D eigenvalue weighted by atomic mass is 10.3. The van der Waals surface area contributed by atoms with Crippen molar-refractivity contribution in [1.29, 1.82) is 0 Å². The second kappa shape index (κ2) is 8.44. The van der Waals surface area contributed by atoms with Gasteiger partial charge in [0.15, 0.2) is 22.5 Å². The monoisotopic (exact) mass is 372 g/mol. The highest BCUT2D eigenvalue weighted by atomic mass is 35.5. The molecule has 0 amide bonds. The maximum Gasteiger partial charge on any atom is 0.263 e. The van der Waals surface area contributed by atoms with Crippen LogP contribution in [0.15, 0.2) is 42.7 Å². The third-order valence-electron chi connectivity index (χ3n) is 3.28. The fraction of sp³-hybridized carbons (Fsp3) is 0.222. The van der Waals surface area contributed by atoms with Gasteiger partial charge in [-0.15, -0.1) is 0 Å². The molecule has 0 fully saturated rings. The van der Waals surface area contributed by atoms with Crippen LogP contribution >= 0.6 is 11.6 Å². The zero-order valence-corrected chi connectivity index (χ0v) is 15.1. The van der Waals surface area contributed by atoms with E-state index in [1.54, 1.807) is 37.7 Å². The Morgan fingerprint density at radius 3 is 2.38 bits per heavy atom. The van der Waals surface area contributed by atoms with Crippen molar-refractivity contribution in [3.05, 3.63) is 47.9 Å². The first-order chi connectivity index (χ1) is 12.7. The van der Waals surface area contributed by atoms with Crippen molar-refractivity contribution in [1.82, 2.24) is 19.9 Å². The number of para-hydroxylation sites is 2. The topological polar surface area (TPSA) is 79.3 Å². The van der Waals surface area contributed by atoms with E-state index in [0.717, 1.165) is 6.42 Å². The lowest BCUT2D eigenvalue weighted by Crippen LogP contribution is -2.04. The minimum Gasteiger partial charge on any atom is -0.493 e. The third kappa shape index (κ3) is 4.00. The molecule has 3 rings (SSSR count). The van der Waals surface area contributed by atoms with Gasteiger partial charge < -0.3 is 14.2 Å². The zero-order valence-electron chi connectivity index (χ0n) is 14.3. The van der Waals surface area contributed by atoms with Crippen LogP contribution < -0.4 is 14.2 Å². The predicted molar refractivity (Wildman–Crippen MR) is 96.9 cm³/mol. The summed E-state index contributed by atoms with van der Waals surface area (Å²) < 4.78 is 16.9. The molecule has 0 atom stereocenters.